The number of amides is 1. The van der Waals surface area contributed by atoms with Gasteiger partial charge in [-0.3, -0.25) is 14.5 Å². The van der Waals surface area contributed by atoms with E-state index in [9.17, 15) is 23.5 Å². The molecular weight excluding hydrogens is 440 g/mol. The zero-order valence-electron chi connectivity index (χ0n) is 18.7. The third-order valence-corrected chi connectivity index (χ3v) is 5.42. The van der Waals surface area contributed by atoms with Crippen molar-refractivity contribution in [2.75, 3.05) is 11.5 Å². The molecule has 0 aromatic heterocycles. The van der Waals surface area contributed by atoms with E-state index >= 15 is 0 Å². The van der Waals surface area contributed by atoms with E-state index < -0.39 is 35.1 Å². The van der Waals surface area contributed by atoms with E-state index in [0.29, 0.717) is 24.0 Å². The lowest BCUT2D eigenvalue weighted by atomic mass is 9.95. The minimum atomic E-state index is -1.11. The van der Waals surface area contributed by atoms with Gasteiger partial charge in [0.1, 0.15) is 23.1 Å². The van der Waals surface area contributed by atoms with Gasteiger partial charge in [0.25, 0.3) is 11.7 Å². The van der Waals surface area contributed by atoms with Gasteiger partial charge in [0, 0.05) is 11.6 Å². The molecule has 174 valence electrons. The molecule has 34 heavy (non-hydrogen) atoms. The van der Waals surface area contributed by atoms with E-state index in [1.165, 1.54) is 0 Å². The molecule has 0 spiro atoms. The third kappa shape index (κ3) is 4.41. The van der Waals surface area contributed by atoms with Gasteiger partial charge >= 0.3 is 0 Å². The van der Waals surface area contributed by atoms with Gasteiger partial charge in [-0.2, -0.15) is 0 Å². The maximum absolute atomic E-state index is 14.7. The zero-order valence-corrected chi connectivity index (χ0v) is 18.7. The zero-order chi connectivity index (χ0) is 24.4. The molecule has 1 aliphatic heterocycles. The average molecular weight is 463 g/mol. The van der Waals surface area contributed by atoms with Crippen LogP contribution in [0.15, 0.2) is 78.4 Å². The smallest absolute Gasteiger partial charge is 0.300 e. The monoisotopic (exact) mass is 463 g/mol. The van der Waals surface area contributed by atoms with E-state index in [1.807, 2.05) is 13.8 Å². The van der Waals surface area contributed by atoms with Crippen LogP contribution in [0.3, 0.4) is 0 Å². The van der Waals surface area contributed by atoms with Gasteiger partial charge in [0.2, 0.25) is 0 Å². The van der Waals surface area contributed by atoms with Gasteiger partial charge in [-0.05, 0) is 35.7 Å². The van der Waals surface area contributed by atoms with Gasteiger partial charge in [0.15, 0.2) is 0 Å². The number of nitrogens with zero attached hydrogens (tertiary/aromatic N) is 1. The van der Waals surface area contributed by atoms with Crippen LogP contribution in [-0.4, -0.2) is 23.4 Å². The fraction of sp³-hybridized carbons (Fsp3) is 0.185. The number of anilines is 1. The van der Waals surface area contributed by atoms with Gasteiger partial charge in [-0.1, -0.05) is 56.3 Å². The Morgan fingerprint density at radius 1 is 1.00 bits per heavy atom. The summed E-state index contributed by atoms with van der Waals surface area (Å²) in [6, 6.07) is 16.7. The molecule has 1 aliphatic rings. The van der Waals surface area contributed by atoms with Crippen molar-refractivity contribution >= 4 is 23.1 Å². The van der Waals surface area contributed by atoms with Crippen LogP contribution in [0.25, 0.3) is 5.76 Å². The summed E-state index contributed by atoms with van der Waals surface area (Å²) in [5.74, 6) is -3.43. The first-order valence-corrected chi connectivity index (χ1v) is 10.8. The summed E-state index contributed by atoms with van der Waals surface area (Å²) < 4.78 is 34.0. The molecule has 3 aromatic carbocycles. The first-order chi connectivity index (χ1) is 16.3. The summed E-state index contributed by atoms with van der Waals surface area (Å²) in [5.41, 5.74) is 0.310. The fourth-order valence-corrected chi connectivity index (χ4v) is 3.86. The van der Waals surface area contributed by atoms with Crippen LogP contribution in [0.2, 0.25) is 0 Å². The van der Waals surface area contributed by atoms with Crippen LogP contribution in [0.1, 0.15) is 31.0 Å². The molecule has 0 saturated carbocycles. The molecule has 1 atom stereocenters. The van der Waals surface area contributed by atoms with Gasteiger partial charge in [-0.15, -0.1) is 0 Å². The molecule has 3 aromatic rings. The van der Waals surface area contributed by atoms with Gasteiger partial charge in [-0.25, -0.2) is 8.78 Å². The summed E-state index contributed by atoms with van der Waals surface area (Å²) in [7, 11) is 0. The lowest BCUT2D eigenvalue weighted by Crippen LogP contribution is -2.30. The maximum Gasteiger partial charge on any atom is 0.300 e. The van der Waals surface area contributed by atoms with Crippen molar-refractivity contribution in [3.63, 3.8) is 0 Å². The van der Waals surface area contributed by atoms with Crippen LogP contribution in [0, 0.1) is 17.6 Å². The largest absolute Gasteiger partial charge is 0.507 e. The van der Waals surface area contributed by atoms with Crippen molar-refractivity contribution in [2.24, 2.45) is 5.92 Å². The topological polar surface area (TPSA) is 66.8 Å². The number of carbonyl (C=O) groups is 2. The molecule has 0 aliphatic carbocycles. The number of ether oxygens (including phenoxy) is 1. The normalized spacial score (nSPS) is 17.4. The van der Waals surface area contributed by atoms with Crippen molar-refractivity contribution in [2.45, 2.75) is 19.9 Å². The van der Waals surface area contributed by atoms with Crippen LogP contribution >= 0.6 is 0 Å². The molecule has 1 amide bonds. The number of ketones is 1. The Bertz CT molecular complexity index is 1270. The lowest BCUT2D eigenvalue weighted by Gasteiger charge is -2.25. The SMILES string of the molecule is CC(C)COc1cccc(/C(O)=C2\C(=O)C(=O)N(c3ccc(F)cc3F)C2c2ccccc2)c1. The maximum atomic E-state index is 14.7. The second-order valence-electron chi connectivity index (χ2n) is 8.41. The quantitative estimate of drug-likeness (QED) is 0.293. The van der Waals surface area contributed by atoms with Gasteiger partial charge in [0.05, 0.1) is 23.9 Å². The highest BCUT2D eigenvalue weighted by Crippen LogP contribution is 2.43. The molecule has 0 bridgehead atoms. The van der Waals surface area contributed by atoms with Crippen LogP contribution in [0.4, 0.5) is 14.5 Å². The number of hydrogen-bond acceptors (Lipinski definition) is 4. The molecule has 7 heteroatoms. The molecule has 1 heterocycles. The first kappa shape index (κ1) is 23.2. The fourth-order valence-electron chi connectivity index (χ4n) is 3.86. The second-order valence-corrected chi connectivity index (χ2v) is 8.41. The summed E-state index contributed by atoms with van der Waals surface area (Å²) in [4.78, 5) is 27.1. The van der Waals surface area contributed by atoms with Gasteiger partial charge < -0.3 is 9.84 Å². The van der Waals surface area contributed by atoms with E-state index in [1.54, 1.807) is 54.6 Å². The third-order valence-electron chi connectivity index (χ3n) is 5.42. The van der Waals surface area contributed by atoms with E-state index in [-0.39, 0.29) is 22.7 Å². The number of halogens is 2. The number of aliphatic hydroxyl groups is 1. The van der Waals surface area contributed by atoms with Crippen molar-refractivity contribution in [1.82, 2.24) is 0 Å². The molecular formula is C27H23F2NO4. The first-order valence-electron chi connectivity index (χ1n) is 10.8. The lowest BCUT2D eigenvalue weighted by molar-refractivity contribution is -0.132. The van der Waals surface area contributed by atoms with E-state index in [2.05, 4.69) is 0 Å². The number of benzene rings is 3. The molecule has 1 unspecified atom stereocenters. The van der Waals surface area contributed by atoms with E-state index in [0.717, 1.165) is 17.0 Å². The van der Waals surface area contributed by atoms with Crippen molar-refractivity contribution < 1.29 is 28.2 Å². The Balaban J connectivity index is 1.87. The van der Waals surface area contributed by atoms with E-state index in [4.69, 9.17) is 4.74 Å². The van der Waals surface area contributed by atoms with Crippen LogP contribution in [-0.2, 0) is 9.59 Å². The minimum Gasteiger partial charge on any atom is -0.507 e. The van der Waals surface area contributed by atoms with Crippen LogP contribution in [0.5, 0.6) is 5.75 Å². The molecule has 4 rings (SSSR count). The number of Topliss-reactive ketones (excluding diaryl/α,β-unsaturated/α-hetero) is 1. The highest BCUT2D eigenvalue weighted by atomic mass is 19.1. The minimum absolute atomic E-state index is 0.194. The highest BCUT2D eigenvalue weighted by Gasteiger charge is 2.47. The standard InChI is InChI=1S/C27H23F2NO4/c1-16(2)15-34-20-10-6-9-18(13-20)25(31)23-24(17-7-4-3-5-8-17)30(27(33)26(23)32)22-12-11-19(28)14-21(22)29/h3-14,16,24,31H,15H2,1-2H3/b25-23+. The summed E-state index contributed by atoms with van der Waals surface area (Å²) >= 11 is 0. The molecule has 1 fully saturated rings. The number of rotatable bonds is 6. The highest BCUT2D eigenvalue weighted by molar-refractivity contribution is 6.51. The molecule has 0 radical (unpaired) electrons. The predicted molar refractivity (Wildman–Crippen MR) is 124 cm³/mol. The Morgan fingerprint density at radius 3 is 2.41 bits per heavy atom. The Kier molecular flexibility index (Phi) is 6.45. The van der Waals surface area contributed by atoms with Crippen molar-refractivity contribution in [1.29, 1.82) is 0 Å². The molecule has 5 nitrogen and oxygen atoms in total. The summed E-state index contributed by atoms with van der Waals surface area (Å²) in [6.45, 7) is 4.46. The number of hydrogen-bond donors (Lipinski definition) is 1. The number of carbonyl (C=O) groups excluding carboxylic acids is 2. The predicted octanol–water partition coefficient (Wildman–Crippen LogP) is 5.63. The molecule has 1 saturated heterocycles. The Labute approximate surface area is 195 Å². The summed E-state index contributed by atoms with van der Waals surface area (Å²) in [5, 5.41) is 11.2. The summed E-state index contributed by atoms with van der Waals surface area (Å²) in [6.07, 6.45) is 0. The Morgan fingerprint density at radius 2 is 1.74 bits per heavy atom. The Hall–Kier alpha value is -4.00. The second kappa shape index (κ2) is 9.47. The van der Waals surface area contributed by atoms with Crippen molar-refractivity contribution in [3.05, 3.63) is 101 Å². The molecule has 1 N–H and O–H groups in total. The van der Waals surface area contributed by atoms with Crippen LogP contribution < -0.4 is 9.64 Å². The average Bonchev–Trinajstić information content (AvgIpc) is 3.08. The van der Waals surface area contributed by atoms with Crippen molar-refractivity contribution in [3.8, 4) is 5.75 Å². The number of aliphatic hydroxyl groups excluding tert-OH is 1.